The molecule has 4 nitrogen and oxygen atoms in total. The van der Waals surface area contributed by atoms with Crippen molar-refractivity contribution in [3.8, 4) is 0 Å². The first-order valence-electron chi connectivity index (χ1n) is 6.33. The van der Waals surface area contributed by atoms with Gasteiger partial charge in [-0.1, -0.05) is 41.6 Å². The Morgan fingerprint density at radius 3 is 2.41 bits per heavy atom. The second kappa shape index (κ2) is 6.44. The number of hydrogen-bond donors (Lipinski definition) is 0. The first-order chi connectivity index (χ1) is 10.0. The monoisotopic (exact) mass is 387 g/mol. The SMILES string of the molecule is Cc1ccc(S(=O)(=O)n2c[c-]c3c(C=O)cccc32)cc1.[Y]. The predicted octanol–water partition coefficient (Wildman–Crippen LogP) is 2.80. The molecule has 0 unspecified atom stereocenters. The van der Waals surface area contributed by atoms with Crippen LogP contribution >= 0.6 is 0 Å². The molecule has 0 N–H and O–H groups in total. The van der Waals surface area contributed by atoms with Gasteiger partial charge < -0.3 is 8.77 Å². The van der Waals surface area contributed by atoms with Gasteiger partial charge in [-0.2, -0.15) is 11.5 Å². The molecule has 0 aliphatic carbocycles. The molecule has 3 rings (SSSR count). The van der Waals surface area contributed by atoms with Crippen LogP contribution in [0.2, 0.25) is 0 Å². The van der Waals surface area contributed by atoms with Crippen LogP contribution in [-0.2, 0) is 42.7 Å². The van der Waals surface area contributed by atoms with Gasteiger partial charge in [-0.05, 0) is 24.6 Å². The number of benzene rings is 2. The van der Waals surface area contributed by atoms with Gasteiger partial charge in [-0.15, -0.1) is 6.07 Å². The molecule has 109 valence electrons. The van der Waals surface area contributed by atoms with E-state index in [-0.39, 0.29) is 37.6 Å². The summed E-state index contributed by atoms with van der Waals surface area (Å²) in [7, 11) is -3.69. The molecule has 1 heterocycles. The van der Waals surface area contributed by atoms with Crippen LogP contribution in [0.25, 0.3) is 10.9 Å². The van der Waals surface area contributed by atoms with Crippen molar-refractivity contribution in [2.75, 3.05) is 0 Å². The van der Waals surface area contributed by atoms with Crippen molar-refractivity contribution in [1.29, 1.82) is 0 Å². The molecule has 0 bridgehead atoms. The molecule has 0 saturated carbocycles. The van der Waals surface area contributed by atoms with E-state index >= 15 is 0 Å². The second-order valence-electron chi connectivity index (χ2n) is 4.75. The number of aldehydes is 1. The van der Waals surface area contributed by atoms with E-state index in [2.05, 4.69) is 6.07 Å². The van der Waals surface area contributed by atoms with Crippen molar-refractivity contribution in [2.45, 2.75) is 11.8 Å². The molecule has 0 amide bonds. The molecule has 3 aromatic rings. The molecule has 1 radical (unpaired) electrons. The van der Waals surface area contributed by atoms with Gasteiger partial charge in [0.25, 0.3) is 10.0 Å². The van der Waals surface area contributed by atoms with Gasteiger partial charge in [-0.3, -0.25) is 0 Å². The van der Waals surface area contributed by atoms with Crippen molar-refractivity contribution in [2.24, 2.45) is 0 Å². The van der Waals surface area contributed by atoms with Crippen molar-refractivity contribution in [3.05, 3.63) is 65.9 Å². The molecule has 0 fully saturated rings. The van der Waals surface area contributed by atoms with Gasteiger partial charge >= 0.3 is 0 Å². The summed E-state index contributed by atoms with van der Waals surface area (Å²) in [5, 5.41) is 0.503. The Kier molecular flexibility index (Phi) is 5.00. The Hall–Kier alpha value is -1.30. The number of aromatic nitrogens is 1. The van der Waals surface area contributed by atoms with Gasteiger partial charge in [0.15, 0.2) is 0 Å². The third-order valence-corrected chi connectivity index (χ3v) is 5.03. The van der Waals surface area contributed by atoms with Crippen LogP contribution < -0.4 is 0 Å². The van der Waals surface area contributed by atoms with Crippen molar-refractivity contribution in [3.63, 3.8) is 0 Å². The van der Waals surface area contributed by atoms with Crippen LogP contribution in [0.5, 0.6) is 0 Å². The average molecular weight is 387 g/mol. The number of fused-ring (bicyclic) bond motifs is 1. The average Bonchev–Trinajstić information content (AvgIpc) is 2.92. The molecular weight excluding hydrogens is 375 g/mol. The molecule has 6 heteroatoms. The summed E-state index contributed by atoms with van der Waals surface area (Å²) in [6, 6.07) is 14.4. The minimum absolute atomic E-state index is 0. The maximum atomic E-state index is 12.7. The van der Waals surface area contributed by atoms with Gasteiger partial charge in [0, 0.05) is 32.7 Å². The molecule has 1 aromatic heterocycles. The summed E-state index contributed by atoms with van der Waals surface area (Å²) < 4.78 is 26.5. The number of aryl methyl sites for hydroxylation is 1. The minimum atomic E-state index is -3.69. The topological polar surface area (TPSA) is 56.1 Å². The first-order valence-corrected chi connectivity index (χ1v) is 7.77. The molecule has 0 atom stereocenters. The van der Waals surface area contributed by atoms with Crippen LogP contribution in [-0.4, -0.2) is 18.7 Å². The predicted molar refractivity (Wildman–Crippen MR) is 79.9 cm³/mol. The Morgan fingerprint density at radius 1 is 1.09 bits per heavy atom. The Bertz CT molecular complexity index is 928. The van der Waals surface area contributed by atoms with Crippen LogP contribution in [0.3, 0.4) is 0 Å². The zero-order valence-corrected chi connectivity index (χ0v) is 15.5. The van der Waals surface area contributed by atoms with Crippen LogP contribution in [0, 0.1) is 13.0 Å². The van der Waals surface area contributed by atoms with E-state index in [1.54, 1.807) is 42.5 Å². The summed E-state index contributed by atoms with van der Waals surface area (Å²) in [6.45, 7) is 1.89. The second-order valence-corrected chi connectivity index (χ2v) is 6.56. The van der Waals surface area contributed by atoms with E-state index in [9.17, 15) is 13.2 Å². The zero-order valence-electron chi connectivity index (χ0n) is 11.9. The Labute approximate surface area is 154 Å². The third-order valence-electron chi connectivity index (χ3n) is 3.34. The molecular formula is C16H12NO3SY-. The molecule has 0 aliphatic rings. The summed E-state index contributed by atoms with van der Waals surface area (Å²) in [5.41, 5.74) is 1.85. The number of rotatable bonds is 3. The molecule has 22 heavy (non-hydrogen) atoms. The van der Waals surface area contributed by atoms with Crippen LogP contribution in [0.15, 0.2) is 53.6 Å². The standard InChI is InChI=1S/C16H12NO3S.Y/c1-12-5-7-14(8-6-12)21(19,20)17-10-9-15-13(11-18)3-2-4-16(15)17;/h2-8,10-11H,1H3;/q-1;. The van der Waals surface area contributed by atoms with Gasteiger partial charge in [0.1, 0.15) is 0 Å². The van der Waals surface area contributed by atoms with E-state index in [1.807, 2.05) is 6.92 Å². The van der Waals surface area contributed by atoms with Crippen molar-refractivity contribution in [1.82, 2.24) is 3.97 Å². The fourth-order valence-electron chi connectivity index (χ4n) is 2.21. The molecule has 0 spiro atoms. The summed E-state index contributed by atoms with van der Waals surface area (Å²) in [5.74, 6) is 0. The van der Waals surface area contributed by atoms with Gasteiger partial charge in [0.2, 0.25) is 0 Å². The quantitative estimate of drug-likeness (QED) is 0.513. The Balaban J connectivity index is 0.00000176. The fraction of sp³-hybridized carbons (Fsp3) is 0.0625. The number of hydrogen-bond acceptors (Lipinski definition) is 3. The first kappa shape index (κ1) is 17.1. The van der Waals surface area contributed by atoms with Crippen molar-refractivity contribution >= 4 is 27.2 Å². The number of carbonyl (C=O) groups excluding carboxylic acids is 1. The summed E-state index contributed by atoms with van der Waals surface area (Å²) in [4.78, 5) is 11.2. The molecule has 2 aromatic carbocycles. The smallest absolute Gasteiger partial charge is 0.256 e. The van der Waals surface area contributed by atoms with Gasteiger partial charge in [0.05, 0.1) is 11.2 Å². The van der Waals surface area contributed by atoms with Crippen molar-refractivity contribution < 1.29 is 45.9 Å². The third kappa shape index (κ3) is 2.81. The number of nitrogens with zero attached hydrogens (tertiary/aromatic N) is 1. The summed E-state index contributed by atoms with van der Waals surface area (Å²) >= 11 is 0. The maximum absolute atomic E-state index is 12.7. The molecule has 0 aliphatic heterocycles. The van der Waals surface area contributed by atoms with Gasteiger partial charge in [-0.25, -0.2) is 8.42 Å². The largest absolute Gasteiger partial charge is 0.312 e. The Morgan fingerprint density at radius 2 is 1.77 bits per heavy atom. The van der Waals surface area contributed by atoms with E-state index in [1.165, 1.54) is 6.20 Å². The normalized spacial score (nSPS) is 11.1. The maximum Gasteiger partial charge on any atom is 0.256 e. The summed E-state index contributed by atoms with van der Waals surface area (Å²) in [6.07, 6.45) is 2.05. The van der Waals surface area contributed by atoms with E-state index in [0.29, 0.717) is 22.8 Å². The zero-order chi connectivity index (χ0) is 15.0. The van der Waals surface area contributed by atoms with Crippen LogP contribution in [0.1, 0.15) is 15.9 Å². The fourth-order valence-corrected chi connectivity index (χ4v) is 3.52. The number of carbonyl (C=O) groups is 1. The minimum Gasteiger partial charge on any atom is -0.312 e. The molecule has 0 saturated heterocycles. The van der Waals surface area contributed by atoms with E-state index in [0.717, 1.165) is 9.54 Å². The van der Waals surface area contributed by atoms with Crippen LogP contribution in [0.4, 0.5) is 0 Å². The van der Waals surface area contributed by atoms with E-state index < -0.39 is 10.0 Å². The van der Waals surface area contributed by atoms with E-state index in [4.69, 9.17) is 0 Å².